The quantitative estimate of drug-likeness (QED) is 0.594. The summed E-state index contributed by atoms with van der Waals surface area (Å²) in [7, 11) is 3.42. The first-order valence-corrected chi connectivity index (χ1v) is 13.7. The van der Waals surface area contributed by atoms with Gasteiger partial charge in [0.25, 0.3) is 5.91 Å². The van der Waals surface area contributed by atoms with Crippen molar-refractivity contribution < 1.29 is 19.1 Å². The van der Waals surface area contributed by atoms with E-state index in [-0.39, 0.29) is 23.3 Å². The predicted octanol–water partition coefficient (Wildman–Crippen LogP) is 3.64. The summed E-state index contributed by atoms with van der Waals surface area (Å²) < 4.78 is 11.0. The average molecular weight is 521 g/mol. The molecule has 6 rings (SSSR count). The molecule has 1 saturated heterocycles. The molecule has 0 atom stereocenters. The number of hydrogen-bond acceptors (Lipinski definition) is 8. The third-order valence-corrected chi connectivity index (χ3v) is 8.50. The monoisotopic (exact) mass is 520 g/mol. The predicted molar refractivity (Wildman–Crippen MR) is 144 cm³/mol. The number of methoxy groups -OCH3 is 1. The lowest BCUT2D eigenvalue weighted by molar-refractivity contribution is -0.122. The zero-order chi connectivity index (χ0) is 26.3. The van der Waals surface area contributed by atoms with Crippen LogP contribution in [-0.2, 0) is 9.53 Å². The van der Waals surface area contributed by atoms with Crippen LogP contribution >= 0.6 is 0 Å². The summed E-state index contributed by atoms with van der Waals surface area (Å²) in [6.45, 7) is 2.05. The molecule has 1 aromatic carbocycles. The highest BCUT2D eigenvalue weighted by atomic mass is 16.5. The molecule has 10 nitrogen and oxygen atoms in total. The molecular weight excluding hydrogens is 484 g/mol. The number of benzene rings is 1. The van der Waals surface area contributed by atoms with Crippen LogP contribution < -0.4 is 25.2 Å². The van der Waals surface area contributed by atoms with Crippen LogP contribution in [-0.4, -0.2) is 67.8 Å². The van der Waals surface area contributed by atoms with E-state index in [1.807, 2.05) is 13.1 Å². The topological polar surface area (TPSA) is 109 Å². The van der Waals surface area contributed by atoms with Crippen LogP contribution in [0.5, 0.6) is 5.75 Å². The maximum absolute atomic E-state index is 13.3. The number of rotatable bonds is 6. The van der Waals surface area contributed by atoms with Gasteiger partial charge in [-0.1, -0.05) is 12.8 Å². The van der Waals surface area contributed by atoms with Gasteiger partial charge in [0.2, 0.25) is 11.9 Å². The number of anilines is 4. The van der Waals surface area contributed by atoms with Gasteiger partial charge >= 0.3 is 0 Å². The van der Waals surface area contributed by atoms with Crippen molar-refractivity contribution in [2.75, 3.05) is 49.0 Å². The normalized spacial score (nSPS) is 21.3. The highest BCUT2D eigenvalue weighted by Gasteiger charge is 2.55. The van der Waals surface area contributed by atoms with E-state index in [2.05, 4.69) is 20.5 Å². The van der Waals surface area contributed by atoms with Crippen molar-refractivity contribution in [1.29, 1.82) is 0 Å². The summed E-state index contributed by atoms with van der Waals surface area (Å²) >= 11 is 0. The van der Waals surface area contributed by atoms with E-state index in [4.69, 9.17) is 14.5 Å². The second-order valence-electron chi connectivity index (χ2n) is 11.0. The highest BCUT2D eigenvalue weighted by Crippen LogP contribution is 2.52. The van der Waals surface area contributed by atoms with Crippen LogP contribution in [0.25, 0.3) is 0 Å². The van der Waals surface area contributed by atoms with E-state index < -0.39 is 0 Å². The zero-order valence-corrected chi connectivity index (χ0v) is 22.2. The van der Waals surface area contributed by atoms with Gasteiger partial charge in [-0.15, -0.1) is 0 Å². The first kappa shape index (κ1) is 24.9. The van der Waals surface area contributed by atoms with E-state index in [9.17, 15) is 9.59 Å². The Morgan fingerprint density at radius 1 is 1.16 bits per heavy atom. The maximum atomic E-state index is 13.3. The van der Waals surface area contributed by atoms with Gasteiger partial charge in [-0.25, -0.2) is 4.98 Å². The van der Waals surface area contributed by atoms with Crippen LogP contribution in [0.4, 0.5) is 23.1 Å². The summed E-state index contributed by atoms with van der Waals surface area (Å²) in [6.07, 6.45) is 9.88. The smallest absolute Gasteiger partial charge is 0.251 e. The van der Waals surface area contributed by atoms with Crippen molar-refractivity contribution in [2.45, 2.75) is 63.5 Å². The molecule has 0 bridgehead atoms. The van der Waals surface area contributed by atoms with Gasteiger partial charge in [0, 0.05) is 44.5 Å². The van der Waals surface area contributed by atoms with Crippen molar-refractivity contribution in [3.05, 3.63) is 30.0 Å². The first-order valence-electron chi connectivity index (χ1n) is 13.7. The van der Waals surface area contributed by atoms with Crippen LogP contribution in [0.2, 0.25) is 0 Å². The van der Waals surface area contributed by atoms with Crippen molar-refractivity contribution >= 4 is 35.0 Å². The lowest BCUT2D eigenvalue weighted by Gasteiger charge is -2.31. The molecule has 2 aromatic rings. The molecule has 10 heteroatoms. The number of nitrogens with one attached hydrogen (secondary N) is 2. The molecule has 4 aliphatic rings. The molecule has 202 valence electrons. The Labute approximate surface area is 223 Å². The number of carbonyl (C=O) groups is 2. The molecule has 3 fully saturated rings. The SMILES string of the molecule is COc1cc(C(=O)NC2CCOCC2)ccc1Nc1ncc2c(n1)N(C1CCCC1)CC1(CC1)C(=O)N2C. The number of amides is 2. The minimum Gasteiger partial charge on any atom is -0.495 e. The Morgan fingerprint density at radius 3 is 2.63 bits per heavy atom. The van der Waals surface area contributed by atoms with E-state index >= 15 is 0 Å². The first-order chi connectivity index (χ1) is 18.5. The molecule has 38 heavy (non-hydrogen) atoms. The zero-order valence-electron chi connectivity index (χ0n) is 22.2. The molecule has 2 aliphatic carbocycles. The van der Waals surface area contributed by atoms with Crippen molar-refractivity contribution in [1.82, 2.24) is 15.3 Å². The number of nitrogens with zero attached hydrogens (tertiary/aromatic N) is 4. The molecule has 0 radical (unpaired) electrons. The second-order valence-corrected chi connectivity index (χ2v) is 11.0. The lowest BCUT2D eigenvalue weighted by atomic mass is 10.0. The number of hydrogen-bond donors (Lipinski definition) is 2. The molecule has 2 saturated carbocycles. The van der Waals surface area contributed by atoms with E-state index in [0.717, 1.165) is 50.0 Å². The van der Waals surface area contributed by atoms with E-state index in [1.165, 1.54) is 12.8 Å². The number of carbonyl (C=O) groups excluding carboxylic acids is 2. The van der Waals surface area contributed by atoms with Crippen LogP contribution in [0, 0.1) is 5.41 Å². The summed E-state index contributed by atoms with van der Waals surface area (Å²) in [5.41, 5.74) is 1.65. The minimum atomic E-state index is -0.296. The third kappa shape index (κ3) is 4.66. The Hall–Kier alpha value is -3.40. The maximum Gasteiger partial charge on any atom is 0.251 e. The van der Waals surface area contributed by atoms with Crippen molar-refractivity contribution in [3.8, 4) is 5.75 Å². The molecule has 2 aliphatic heterocycles. The van der Waals surface area contributed by atoms with Gasteiger partial charge in [-0.05, 0) is 56.7 Å². The lowest BCUT2D eigenvalue weighted by Crippen LogP contribution is -2.41. The number of fused-ring (bicyclic) bond motifs is 1. The van der Waals surface area contributed by atoms with E-state index in [0.29, 0.717) is 48.7 Å². The summed E-state index contributed by atoms with van der Waals surface area (Å²) in [5, 5.41) is 6.38. The molecule has 0 unspecified atom stereocenters. The molecule has 1 spiro atoms. The fraction of sp³-hybridized carbons (Fsp3) is 0.571. The van der Waals surface area contributed by atoms with Crippen LogP contribution in [0.1, 0.15) is 61.7 Å². The Bertz CT molecular complexity index is 1220. The fourth-order valence-electron chi connectivity index (χ4n) is 6.02. The van der Waals surface area contributed by atoms with Gasteiger partial charge in [0.15, 0.2) is 5.82 Å². The molecule has 3 heterocycles. The van der Waals surface area contributed by atoms with Crippen molar-refractivity contribution in [2.24, 2.45) is 5.41 Å². The average Bonchev–Trinajstić information content (AvgIpc) is 3.55. The summed E-state index contributed by atoms with van der Waals surface area (Å²) in [5.74, 6) is 1.80. The largest absolute Gasteiger partial charge is 0.495 e. The molecular formula is C28H36N6O4. The van der Waals surface area contributed by atoms with E-state index in [1.54, 1.807) is 30.3 Å². The minimum absolute atomic E-state index is 0.121. The van der Waals surface area contributed by atoms with Crippen LogP contribution in [0.3, 0.4) is 0 Å². The van der Waals surface area contributed by atoms with Gasteiger partial charge in [0.1, 0.15) is 11.4 Å². The third-order valence-electron chi connectivity index (χ3n) is 8.50. The molecule has 1 aromatic heterocycles. The second kappa shape index (κ2) is 10.1. The number of aromatic nitrogens is 2. The summed E-state index contributed by atoms with van der Waals surface area (Å²) in [6, 6.07) is 5.83. The van der Waals surface area contributed by atoms with Gasteiger partial charge in [0.05, 0.1) is 24.4 Å². The standard InChI is InChI=1S/C28H36N6O4/c1-33-22-16-29-27(32-24(22)34(20-5-3-4-6-20)17-28(11-12-28)26(33)36)31-21-8-7-18(15-23(21)37-2)25(35)30-19-9-13-38-14-10-19/h7-8,15-16,19-20H,3-6,9-14,17H2,1-2H3,(H,30,35)(H,29,31,32). The van der Waals surface area contributed by atoms with Gasteiger partial charge in [-0.2, -0.15) is 4.98 Å². The van der Waals surface area contributed by atoms with Gasteiger partial charge < -0.3 is 29.9 Å². The highest BCUT2D eigenvalue weighted by molar-refractivity contribution is 6.03. The van der Waals surface area contributed by atoms with Crippen LogP contribution in [0.15, 0.2) is 24.4 Å². The summed E-state index contributed by atoms with van der Waals surface area (Å²) in [4.78, 5) is 39.7. The molecule has 2 N–H and O–H groups in total. The number of ether oxygens (including phenoxy) is 2. The molecule has 2 amide bonds. The Balaban J connectivity index is 1.26. The van der Waals surface area contributed by atoms with Crippen molar-refractivity contribution in [3.63, 3.8) is 0 Å². The fourth-order valence-corrected chi connectivity index (χ4v) is 6.02. The Morgan fingerprint density at radius 2 is 1.92 bits per heavy atom. The Kier molecular flexibility index (Phi) is 6.59. The van der Waals surface area contributed by atoms with Gasteiger partial charge in [-0.3, -0.25) is 9.59 Å².